The Kier molecular flexibility index (Phi) is 4.86. The molecule has 0 saturated carbocycles. The molecule has 1 N–H and O–H groups in total. The van der Waals surface area contributed by atoms with Crippen molar-refractivity contribution in [3.63, 3.8) is 0 Å². The Bertz CT molecular complexity index is 553. The first-order chi connectivity index (χ1) is 9.15. The molecule has 0 aliphatic rings. The van der Waals surface area contributed by atoms with Gasteiger partial charge in [0.15, 0.2) is 0 Å². The van der Waals surface area contributed by atoms with E-state index in [1.165, 1.54) is 16.0 Å². The van der Waals surface area contributed by atoms with Gasteiger partial charge in [0, 0.05) is 10.9 Å². The molecule has 0 fully saturated rings. The second-order valence-corrected chi connectivity index (χ2v) is 5.85. The molecule has 19 heavy (non-hydrogen) atoms. The molecule has 0 saturated heterocycles. The van der Waals surface area contributed by atoms with Crippen LogP contribution in [0.1, 0.15) is 22.0 Å². The lowest BCUT2D eigenvalue weighted by atomic mass is 10.0. The molecule has 1 aromatic heterocycles. The third-order valence-corrected chi connectivity index (χ3v) is 4.64. The van der Waals surface area contributed by atoms with E-state index in [1.807, 2.05) is 24.6 Å². The predicted molar refractivity (Wildman–Crippen MR) is 82.6 cm³/mol. The molecule has 0 amide bonds. The van der Waals surface area contributed by atoms with Gasteiger partial charge in [0.25, 0.3) is 0 Å². The summed E-state index contributed by atoms with van der Waals surface area (Å²) in [4.78, 5) is 1.17. The summed E-state index contributed by atoms with van der Waals surface area (Å²) in [5, 5.41) is 6.19. The highest BCUT2D eigenvalue weighted by Crippen LogP contribution is 2.32. The predicted octanol–water partition coefficient (Wildman–Crippen LogP) is 4.22. The van der Waals surface area contributed by atoms with Crippen LogP contribution >= 0.6 is 22.9 Å². The van der Waals surface area contributed by atoms with Gasteiger partial charge >= 0.3 is 0 Å². The lowest BCUT2D eigenvalue weighted by Gasteiger charge is -2.17. The van der Waals surface area contributed by atoms with Crippen molar-refractivity contribution >= 4 is 22.9 Å². The SMILES string of the molecule is CNC(Cc1cc(C)ccc1OC)c1sccc1Cl. The summed E-state index contributed by atoms with van der Waals surface area (Å²) < 4.78 is 5.44. The molecule has 2 rings (SSSR count). The summed E-state index contributed by atoms with van der Waals surface area (Å²) in [5.41, 5.74) is 2.44. The monoisotopic (exact) mass is 295 g/mol. The second-order valence-electron chi connectivity index (χ2n) is 4.49. The van der Waals surface area contributed by atoms with Gasteiger partial charge in [0.1, 0.15) is 5.75 Å². The summed E-state index contributed by atoms with van der Waals surface area (Å²) >= 11 is 7.91. The van der Waals surface area contributed by atoms with E-state index in [1.54, 1.807) is 18.4 Å². The molecule has 0 aliphatic carbocycles. The fourth-order valence-electron chi connectivity index (χ4n) is 2.17. The summed E-state index contributed by atoms with van der Waals surface area (Å²) in [6.45, 7) is 2.09. The fraction of sp³-hybridized carbons (Fsp3) is 0.333. The summed E-state index contributed by atoms with van der Waals surface area (Å²) in [6.07, 6.45) is 0.863. The molecule has 2 aromatic rings. The average molecular weight is 296 g/mol. The zero-order valence-corrected chi connectivity index (χ0v) is 12.9. The van der Waals surface area contributed by atoms with Gasteiger partial charge in [-0.1, -0.05) is 29.3 Å². The Labute approximate surface area is 123 Å². The van der Waals surface area contributed by atoms with Gasteiger partial charge in [-0.15, -0.1) is 11.3 Å². The van der Waals surface area contributed by atoms with E-state index in [2.05, 4.69) is 24.4 Å². The molecule has 0 radical (unpaired) electrons. The van der Waals surface area contributed by atoms with Crippen LogP contribution in [0.4, 0.5) is 0 Å². The number of aryl methyl sites for hydroxylation is 1. The van der Waals surface area contributed by atoms with E-state index in [9.17, 15) is 0 Å². The summed E-state index contributed by atoms with van der Waals surface area (Å²) in [6, 6.07) is 8.41. The third kappa shape index (κ3) is 3.30. The standard InChI is InChI=1S/C15H18ClNOS/c1-10-4-5-14(18-3)11(8-10)9-13(17-2)15-12(16)6-7-19-15/h4-8,13,17H,9H2,1-3H3. The van der Waals surface area contributed by atoms with Gasteiger partial charge in [-0.3, -0.25) is 0 Å². The maximum Gasteiger partial charge on any atom is 0.122 e. The Morgan fingerprint density at radius 2 is 2.16 bits per heavy atom. The first kappa shape index (κ1) is 14.4. The van der Waals surface area contributed by atoms with Crippen LogP contribution in [0.15, 0.2) is 29.6 Å². The minimum Gasteiger partial charge on any atom is -0.496 e. The zero-order chi connectivity index (χ0) is 13.8. The molecule has 0 bridgehead atoms. The maximum absolute atomic E-state index is 6.22. The molecular weight excluding hydrogens is 278 g/mol. The van der Waals surface area contributed by atoms with Crippen molar-refractivity contribution < 1.29 is 4.74 Å². The first-order valence-electron chi connectivity index (χ1n) is 6.19. The highest BCUT2D eigenvalue weighted by Gasteiger charge is 2.17. The van der Waals surface area contributed by atoms with Gasteiger partial charge in [0.05, 0.1) is 12.1 Å². The average Bonchev–Trinajstić information content (AvgIpc) is 2.82. The Balaban J connectivity index is 2.28. The van der Waals surface area contributed by atoms with E-state index in [0.717, 1.165) is 17.2 Å². The number of nitrogens with one attached hydrogen (secondary N) is 1. The molecule has 0 spiro atoms. The van der Waals surface area contributed by atoms with Gasteiger partial charge < -0.3 is 10.1 Å². The Morgan fingerprint density at radius 3 is 2.74 bits per heavy atom. The Morgan fingerprint density at radius 1 is 1.37 bits per heavy atom. The van der Waals surface area contributed by atoms with Gasteiger partial charge in [-0.05, 0) is 43.5 Å². The minimum absolute atomic E-state index is 0.211. The number of rotatable bonds is 5. The number of hydrogen-bond donors (Lipinski definition) is 1. The van der Waals surface area contributed by atoms with E-state index in [0.29, 0.717) is 0 Å². The summed E-state index contributed by atoms with van der Waals surface area (Å²) in [5.74, 6) is 0.929. The van der Waals surface area contributed by atoms with Crippen molar-refractivity contribution in [1.82, 2.24) is 5.32 Å². The van der Waals surface area contributed by atoms with Crippen LogP contribution in [0.25, 0.3) is 0 Å². The van der Waals surface area contributed by atoms with Crippen molar-refractivity contribution in [2.45, 2.75) is 19.4 Å². The van der Waals surface area contributed by atoms with E-state index >= 15 is 0 Å². The largest absolute Gasteiger partial charge is 0.496 e. The van der Waals surface area contributed by atoms with Crippen molar-refractivity contribution in [3.8, 4) is 5.75 Å². The highest BCUT2D eigenvalue weighted by molar-refractivity contribution is 7.10. The lowest BCUT2D eigenvalue weighted by Crippen LogP contribution is -2.18. The molecule has 4 heteroatoms. The van der Waals surface area contributed by atoms with Gasteiger partial charge in [-0.2, -0.15) is 0 Å². The van der Waals surface area contributed by atoms with Crippen LogP contribution in [0.2, 0.25) is 5.02 Å². The van der Waals surface area contributed by atoms with Crippen LogP contribution in [-0.4, -0.2) is 14.2 Å². The van der Waals surface area contributed by atoms with Gasteiger partial charge in [-0.25, -0.2) is 0 Å². The van der Waals surface area contributed by atoms with E-state index in [-0.39, 0.29) is 6.04 Å². The number of halogens is 1. The molecule has 1 aromatic carbocycles. The quantitative estimate of drug-likeness (QED) is 0.891. The maximum atomic E-state index is 6.22. The normalized spacial score (nSPS) is 12.4. The lowest BCUT2D eigenvalue weighted by molar-refractivity contribution is 0.406. The van der Waals surface area contributed by atoms with Crippen LogP contribution in [-0.2, 0) is 6.42 Å². The minimum atomic E-state index is 0.211. The smallest absolute Gasteiger partial charge is 0.122 e. The number of ether oxygens (including phenoxy) is 1. The van der Waals surface area contributed by atoms with Gasteiger partial charge in [0.2, 0.25) is 0 Å². The topological polar surface area (TPSA) is 21.3 Å². The number of hydrogen-bond acceptors (Lipinski definition) is 3. The van der Waals surface area contributed by atoms with Crippen LogP contribution < -0.4 is 10.1 Å². The van der Waals surface area contributed by atoms with Crippen molar-refractivity contribution in [2.24, 2.45) is 0 Å². The van der Waals surface area contributed by atoms with Crippen molar-refractivity contribution in [2.75, 3.05) is 14.2 Å². The fourth-order valence-corrected chi connectivity index (χ4v) is 3.47. The van der Waals surface area contributed by atoms with Crippen molar-refractivity contribution in [3.05, 3.63) is 50.7 Å². The van der Waals surface area contributed by atoms with Crippen LogP contribution in [0, 0.1) is 6.92 Å². The Hall–Kier alpha value is -1.03. The zero-order valence-electron chi connectivity index (χ0n) is 11.4. The molecule has 0 aliphatic heterocycles. The number of benzene rings is 1. The second kappa shape index (κ2) is 6.42. The molecule has 1 heterocycles. The molecule has 2 nitrogen and oxygen atoms in total. The highest BCUT2D eigenvalue weighted by atomic mass is 35.5. The number of likely N-dealkylation sites (N-methyl/N-ethyl adjacent to an activating group) is 1. The molecule has 102 valence electrons. The number of thiophene rings is 1. The summed E-state index contributed by atoms with van der Waals surface area (Å²) in [7, 11) is 3.67. The van der Waals surface area contributed by atoms with E-state index in [4.69, 9.17) is 16.3 Å². The first-order valence-corrected chi connectivity index (χ1v) is 7.45. The van der Waals surface area contributed by atoms with Crippen LogP contribution in [0.5, 0.6) is 5.75 Å². The molecule has 1 atom stereocenters. The third-order valence-electron chi connectivity index (χ3n) is 3.17. The number of methoxy groups -OCH3 is 1. The van der Waals surface area contributed by atoms with Crippen molar-refractivity contribution in [1.29, 1.82) is 0 Å². The molecule has 1 unspecified atom stereocenters. The molecular formula is C15H18ClNOS. The van der Waals surface area contributed by atoms with E-state index < -0.39 is 0 Å². The van der Waals surface area contributed by atoms with Crippen LogP contribution in [0.3, 0.4) is 0 Å².